The number of nitrogens with one attached hydrogen (secondary N) is 2. The van der Waals surface area contributed by atoms with Crippen LogP contribution in [0.3, 0.4) is 0 Å². The van der Waals surface area contributed by atoms with Crippen molar-refractivity contribution < 1.29 is 29.0 Å². The molecule has 1 aliphatic heterocycles. The Kier molecular flexibility index (Phi) is 15.7. The van der Waals surface area contributed by atoms with Gasteiger partial charge in [0.25, 0.3) is 0 Å². The van der Waals surface area contributed by atoms with E-state index in [4.69, 9.17) is 26.0 Å². The Morgan fingerprint density at radius 1 is 0.980 bits per heavy atom. The number of rotatable bonds is 22. The summed E-state index contributed by atoms with van der Waals surface area (Å²) in [5.41, 5.74) is 15.4. The van der Waals surface area contributed by atoms with E-state index in [-0.39, 0.29) is 43.8 Å². The van der Waals surface area contributed by atoms with E-state index >= 15 is 0 Å². The summed E-state index contributed by atoms with van der Waals surface area (Å²) in [4.78, 5) is 48.6. The number of carbonyl (C=O) groups is 3. The maximum atomic E-state index is 12.8. The zero-order valence-corrected chi connectivity index (χ0v) is 30.1. The molecule has 3 heterocycles. The molecule has 0 radical (unpaired) electrons. The minimum Gasteiger partial charge on any atom is -0.496 e. The minimum absolute atomic E-state index is 0.0506. The first-order valence-corrected chi connectivity index (χ1v) is 18.0. The molecule has 7 N–H and O–H groups in total. The Bertz CT molecular complexity index is 1570. The zero-order chi connectivity index (χ0) is 36.6. The van der Waals surface area contributed by atoms with Gasteiger partial charge in [0, 0.05) is 64.0 Å². The van der Waals surface area contributed by atoms with Crippen LogP contribution in [0, 0.1) is 0 Å². The summed E-state index contributed by atoms with van der Waals surface area (Å²) < 4.78 is 13.5. The zero-order valence-electron chi connectivity index (χ0n) is 30.1. The number of carboxylic acid groups (broad SMARTS) is 1. The van der Waals surface area contributed by atoms with Gasteiger partial charge in [-0.2, -0.15) is 4.98 Å². The van der Waals surface area contributed by atoms with Crippen molar-refractivity contribution in [1.29, 1.82) is 0 Å². The normalized spacial score (nSPS) is 14.1. The van der Waals surface area contributed by atoms with Gasteiger partial charge in [-0.05, 0) is 43.4 Å². The third kappa shape index (κ3) is 12.4. The number of ether oxygens (including phenoxy) is 2. The first-order chi connectivity index (χ1) is 24.7. The summed E-state index contributed by atoms with van der Waals surface area (Å²) in [5, 5.41) is 15.0. The second kappa shape index (κ2) is 20.4. The smallest absolute Gasteiger partial charge is 0.320 e. The topological polar surface area (TPSA) is 203 Å². The van der Waals surface area contributed by atoms with E-state index in [1.54, 1.807) is 7.11 Å². The van der Waals surface area contributed by atoms with E-state index in [2.05, 4.69) is 55.2 Å². The van der Waals surface area contributed by atoms with E-state index in [9.17, 15) is 14.4 Å². The fourth-order valence-corrected chi connectivity index (χ4v) is 6.09. The Balaban J connectivity index is 1.17. The van der Waals surface area contributed by atoms with Crippen molar-refractivity contribution >= 4 is 40.6 Å². The van der Waals surface area contributed by atoms with Crippen molar-refractivity contribution in [3.8, 4) is 5.75 Å². The number of hydrogen-bond acceptors (Lipinski definition) is 11. The van der Waals surface area contributed by atoms with E-state index in [0.29, 0.717) is 45.4 Å². The van der Waals surface area contributed by atoms with Crippen LogP contribution < -0.4 is 26.8 Å². The van der Waals surface area contributed by atoms with Crippen LogP contribution in [0.15, 0.2) is 30.5 Å². The van der Waals surface area contributed by atoms with Crippen molar-refractivity contribution in [2.24, 2.45) is 5.73 Å². The molecule has 15 nitrogen and oxygen atoms in total. The van der Waals surface area contributed by atoms with E-state index in [0.717, 1.165) is 79.2 Å². The highest BCUT2D eigenvalue weighted by atomic mass is 16.5. The summed E-state index contributed by atoms with van der Waals surface area (Å²) in [6.07, 6.45) is 7.50. The van der Waals surface area contributed by atoms with Gasteiger partial charge < -0.3 is 46.1 Å². The number of nitrogens with two attached hydrogens (primary N) is 2. The lowest BCUT2D eigenvalue weighted by Gasteiger charge is -2.35. The molecule has 0 aliphatic carbocycles. The van der Waals surface area contributed by atoms with Crippen LogP contribution >= 0.6 is 0 Å². The van der Waals surface area contributed by atoms with Crippen molar-refractivity contribution in [1.82, 2.24) is 29.7 Å². The third-order valence-corrected chi connectivity index (χ3v) is 9.04. The van der Waals surface area contributed by atoms with Gasteiger partial charge in [-0.1, -0.05) is 31.9 Å². The van der Waals surface area contributed by atoms with Crippen LogP contribution in [0.5, 0.6) is 5.75 Å². The number of carbonyl (C=O) groups excluding carboxylic acids is 2. The summed E-state index contributed by atoms with van der Waals surface area (Å²) in [6, 6.07) is 7.42. The van der Waals surface area contributed by atoms with Crippen molar-refractivity contribution in [3.63, 3.8) is 0 Å². The number of fused-ring (bicyclic) bond motifs is 1. The number of nitrogens with zero attached hydrogens (tertiary/aromatic N) is 5. The number of amides is 2. The highest BCUT2D eigenvalue weighted by Crippen LogP contribution is 2.27. The molecule has 2 amide bonds. The average molecular weight is 710 g/mol. The molecule has 51 heavy (non-hydrogen) atoms. The highest BCUT2D eigenvalue weighted by molar-refractivity contribution is 5.87. The van der Waals surface area contributed by atoms with Crippen molar-refractivity contribution in [3.05, 3.63) is 41.6 Å². The molecule has 1 saturated heterocycles. The lowest BCUT2D eigenvalue weighted by molar-refractivity contribution is -0.138. The first kappa shape index (κ1) is 39.3. The number of unbranched alkanes of at least 4 members (excludes halogenated alkanes) is 3. The lowest BCUT2D eigenvalue weighted by atomic mass is 10.1. The van der Waals surface area contributed by atoms with E-state index < -0.39 is 12.0 Å². The summed E-state index contributed by atoms with van der Waals surface area (Å²) in [5.74, 6) is 0.705. The fraction of sp³-hybridized carbons (Fsp3) is 0.583. The Hall–Kier alpha value is -4.47. The van der Waals surface area contributed by atoms with E-state index in [1.807, 2.05) is 17.2 Å². The molecule has 1 aliphatic rings. The molecule has 0 saturated carbocycles. The summed E-state index contributed by atoms with van der Waals surface area (Å²) in [6.45, 7) is 8.15. The minimum atomic E-state index is -1.02. The fourth-order valence-electron chi connectivity index (χ4n) is 6.09. The van der Waals surface area contributed by atoms with Gasteiger partial charge in [0.2, 0.25) is 17.8 Å². The van der Waals surface area contributed by atoms with Gasteiger partial charge in [0.05, 0.1) is 38.8 Å². The molecule has 0 unspecified atom stereocenters. The second-order valence-corrected chi connectivity index (χ2v) is 12.9. The predicted octanol–water partition coefficient (Wildman–Crippen LogP) is 2.81. The number of aromatic nitrogens is 3. The molecule has 280 valence electrons. The number of anilines is 2. The standard InChI is InChI=1S/C36H55N9O6/c1-3-4-6-15-40-34-33-29(41-36(38)42-34)11-16-45(33)25-27-10-9-26(23-30(27)50-2)24-43-17-19-44(20-18-43)32(47)13-22-51-21-12-31(46)39-14-7-5-8-28(37)35(48)49/h9-11,16,23,28H,3-8,12-15,17-22,24-25,37H2,1-2H3,(H,39,46)(H,48,49)(H3,38,40,41,42)/t28-/m0/s1. The number of nitrogen functional groups attached to an aromatic ring is 1. The Morgan fingerprint density at radius 2 is 1.75 bits per heavy atom. The van der Waals surface area contributed by atoms with Gasteiger partial charge in [-0.15, -0.1) is 0 Å². The number of hydrogen-bond donors (Lipinski definition) is 5. The number of aliphatic carboxylic acids is 1. The molecule has 1 aromatic carbocycles. The van der Waals surface area contributed by atoms with Crippen LogP contribution in [0.1, 0.15) is 69.4 Å². The molecule has 15 heteroatoms. The highest BCUT2D eigenvalue weighted by Gasteiger charge is 2.22. The van der Waals surface area contributed by atoms with Gasteiger partial charge in [0.1, 0.15) is 17.3 Å². The lowest BCUT2D eigenvalue weighted by Crippen LogP contribution is -2.48. The Labute approximate surface area is 300 Å². The third-order valence-electron chi connectivity index (χ3n) is 9.04. The van der Waals surface area contributed by atoms with Gasteiger partial charge in [-0.3, -0.25) is 19.3 Å². The number of benzene rings is 1. The van der Waals surface area contributed by atoms with Crippen LogP contribution in [0.25, 0.3) is 11.0 Å². The number of piperazine rings is 1. The molecular formula is C36H55N9O6. The van der Waals surface area contributed by atoms with Crippen LogP contribution in [0.4, 0.5) is 11.8 Å². The molecule has 4 rings (SSSR count). The van der Waals surface area contributed by atoms with Crippen molar-refractivity contribution in [2.75, 3.05) is 70.6 Å². The van der Waals surface area contributed by atoms with Crippen molar-refractivity contribution in [2.45, 2.75) is 77.4 Å². The predicted molar refractivity (Wildman–Crippen MR) is 196 cm³/mol. The molecule has 0 spiro atoms. The molecular weight excluding hydrogens is 654 g/mol. The number of methoxy groups -OCH3 is 1. The molecule has 2 aromatic heterocycles. The first-order valence-electron chi connectivity index (χ1n) is 18.0. The SMILES string of the molecule is CCCCCNc1nc(N)nc2ccn(Cc3ccc(CN4CCN(C(=O)CCOCCC(=O)NCCCC[C@H](N)C(=O)O)CC4)cc3OC)c12. The maximum Gasteiger partial charge on any atom is 0.320 e. The largest absolute Gasteiger partial charge is 0.496 e. The second-order valence-electron chi connectivity index (χ2n) is 12.9. The van der Waals surface area contributed by atoms with Gasteiger partial charge in [0.15, 0.2) is 5.82 Å². The Morgan fingerprint density at radius 3 is 2.49 bits per heavy atom. The molecule has 1 fully saturated rings. The average Bonchev–Trinajstić information content (AvgIpc) is 3.52. The maximum absolute atomic E-state index is 12.8. The van der Waals surface area contributed by atoms with Crippen LogP contribution in [-0.4, -0.2) is 113 Å². The molecule has 3 aromatic rings. The van der Waals surface area contributed by atoms with Gasteiger partial charge >= 0.3 is 5.97 Å². The number of carboxylic acids is 1. The molecule has 0 bridgehead atoms. The molecule has 1 atom stereocenters. The van der Waals surface area contributed by atoms with Crippen LogP contribution in [-0.2, 0) is 32.2 Å². The summed E-state index contributed by atoms with van der Waals surface area (Å²) >= 11 is 0. The monoisotopic (exact) mass is 709 g/mol. The summed E-state index contributed by atoms with van der Waals surface area (Å²) in [7, 11) is 1.69. The quantitative estimate of drug-likeness (QED) is 0.0957. The van der Waals surface area contributed by atoms with Crippen LogP contribution in [0.2, 0.25) is 0 Å². The van der Waals surface area contributed by atoms with E-state index in [1.165, 1.54) is 0 Å². The van der Waals surface area contributed by atoms with Gasteiger partial charge in [-0.25, -0.2) is 4.98 Å².